The molecule has 1 atom stereocenters. The van der Waals surface area contributed by atoms with Crippen LogP contribution in [0, 0.1) is 0 Å². The van der Waals surface area contributed by atoms with E-state index >= 15 is 0 Å². The predicted octanol–water partition coefficient (Wildman–Crippen LogP) is 0.704. The first kappa shape index (κ1) is 13.8. The predicted molar refractivity (Wildman–Crippen MR) is 67.6 cm³/mol. The van der Waals surface area contributed by atoms with E-state index in [9.17, 15) is 4.79 Å². The van der Waals surface area contributed by atoms with Gasteiger partial charge in [-0.3, -0.25) is 4.79 Å². The van der Waals surface area contributed by atoms with Crippen molar-refractivity contribution in [1.82, 2.24) is 4.90 Å². The second kappa shape index (κ2) is 7.14. The molecular weight excluding hydrogens is 224 g/mol. The summed E-state index contributed by atoms with van der Waals surface area (Å²) in [6.07, 6.45) is 4.64. The van der Waals surface area contributed by atoms with E-state index in [1.54, 1.807) is 11.8 Å². The van der Waals surface area contributed by atoms with E-state index in [2.05, 4.69) is 11.9 Å². The van der Waals surface area contributed by atoms with Crippen molar-refractivity contribution in [3.05, 3.63) is 0 Å². The Hall–Kier alpha value is -0.260. The SMILES string of the molecule is CSCC[C@@H](N)C(=O)OC1CCN(C)CC1. The largest absolute Gasteiger partial charge is 0.461 e. The van der Waals surface area contributed by atoms with Gasteiger partial charge in [-0.25, -0.2) is 0 Å². The minimum Gasteiger partial charge on any atom is -0.461 e. The maximum absolute atomic E-state index is 11.6. The lowest BCUT2D eigenvalue weighted by Crippen LogP contribution is -2.40. The Kier molecular flexibility index (Phi) is 6.16. The molecule has 1 aliphatic heterocycles. The number of hydrogen-bond donors (Lipinski definition) is 1. The first-order chi connectivity index (χ1) is 7.63. The number of nitrogens with two attached hydrogens (primary N) is 1. The lowest BCUT2D eigenvalue weighted by atomic mass is 10.1. The molecule has 0 aliphatic carbocycles. The zero-order valence-electron chi connectivity index (χ0n) is 10.1. The molecule has 1 rings (SSSR count). The Balaban J connectivity index is 2.22. The summed E-state index contributed by atoms with van der Waals surface area (Å²) < 4.78 is 5.40. The van der Waals surface area contributed by atoms with Crippen LogP contribution in [-0.4, -0.2) is 55.2 Å². The van der Waals surface area contributed by atoms with Crippen LogP contribution in [0.25, 0.3) is 0 Å². The van der Waals surface area contributed by atoms with Crippen molar-refractivity contribution >= 4 is 17.7 Å². The Bertz CT molecular complexity index is 218. The van der Waals surface area contributed by atoms with Gasteiger partial charge in [-0.1, -0.05) is 0 Å². The van der Waals surface area contributed by atoms with E-state index in [4.69, 9.17) is 10.5 Å². The fourth-order valence-electron chi connectivity index (χ4n) is 1.72. The smallest absolute Gasteiger partial charge is 0.323 e. The molecule has 5 heteroatoms. The summed E-state index contributed by atoms with van der Waals surface area (Å²) in [5.74, 6) is 0.674. The van der Waals surface area contributed by atoms with E-state index in [1.165, 1.54) is 0 Å². The van der Waals surface area contributed by atoms with Crippen LogP contribution in [0.15, 0.2) is 0 Å². The van der Waals surface area contributed by atoms with E-state index in [-0.39, 0.29) is 12.1 Å². The highest BCUT2D eigenvalue weighted by Gasteiger charge is 2.23. The lowest BCUT2D eigenvalue weighted by Gasteiger charge is -2.29. The summed E-state index contributed by atoms with van der Waals surface area (Å²) in [4.78, 5) is 13.9. The Labute approximate surface area is 102 Å². The summed E-state index contributed by atoms with van der Waals surface area (Å²) in [7, 11) is 2.09. The molecule has 1 heterocycles. The summed E-state index contributed by atoms with van der Waals surface area (Å²) >= 11 is 1.70. The zero-order chi connectivity index (χ0) is 12.0. The van der Waals surface area contributed by atoms with Gasteiger partial charge in [0.25, 0.3) is 0 Å². The lowest BCUT2D eigenvalue weighted by molar-refractivity contribution is -0.152. The number of rotatable bonds is 5. The molecule has 0 aromatic carbocycles. The van der Waals surface area contributed by atoms with Crippen molar-refractivity contribution in [3.8, 4) is 0 Å². The highest BCUT2D eigenvalue weighted by molar-refractivity contribution is 7.98. The highest BCUT2D eigenvalue weighted by atomic mass is 32.2. The van der Waals surface area contributed by atoms with Crippen molar-refractivity contribution in [1.29, 1.82) is 0 Å². The average molecular weight is 246 g/mol. The van der Waals surface area contributed by atoms with Gasteiger partial charge in [0.2, 0.25) is 0 Å². The summed E-state index contributed by atoms with van der Waals surface area (Å²) in [5, 5.41) is 0. The van der Waals surface area contributed by atoms with Gasteiger partial charge in [-0.15, -0.1) is 0 Å². The van der Waals surface area contributed by atoms with Crippen LogP contribution in [0.5, 0.6) is 0 Å². The van der Waals surface area contributed by atoms with Gasteiger partial charge in [0.15, 0.2) is 0 Å². The summed E-state index contributed by atoms with van der Waals surface area (Å²) in [6.45, 7) is 2.00. The average Bonchev–Trinajstić information content (AvgIpc) is 2.29. The Morgan fingerprint density at radius 3 is 2.75 bits per heavy atom. The molecule has 1 saturated heterocycles. The second-order valence-corrected chi connectivity index (χ2v) is 5.31. The van der Waals surface area contributed by atoms with Gasteiger partial charge >= 0.3 is 5.97 Å². The third-order valence-corrected chi connectivity index (χ3v) is 3.53. The van der Waals surface area contributed by atoms with E-state index < -0.39 is 6.04 Å². The fraction of sp³-hybridized carbons (Fsp3) is 0.909. The molecule has 0 bridgehead atoms. The second-order valence-electron chi connectivity index (χ2n) is 4.33. The van der Waals surface area contributed by atoms with Gasteiger partial charge in [-0.2, -0.15) is 11.8 Å². The van der Waals surface area contributed by atoms with Crippen LogP contribution in [0.1, 0.15) is 19.3 Å². The number of ether oxygens (including phenoxy) is 1. The monoisotopic (exact) mass is 246 g/mol. The molecule has 1 fully saturated rings. The quantitative estimate of drug-likeness (QED) is 0.724. The first-order valence-electron chi connectivity index (χ1n) is 5.77. The Morgan fingerprint density at radius 2 is 2.19 bits per heavy atom. The van der Waals surface area contributed by atoms with Crippen LogP contribution < -0.4 is 5.73 Å². The maximum atomic E-state index is 11.6. The summed E-state index contributed by atoms with van der Waals surface area (Å²) in [6, 6.07) is -0.452. The van der Waals surface area contributed by atoms with Crippen LogP contribution in [0.3, 0.4) is 0 Å². The van der Waals surface area contributed by atoms with Crippen LogP contribution in [0.2, 0.25) is 0 Å². The van der Waals surface area contributed by atoms with E-state index in [0.717, 1.165) is 31.7 Å². The molecule has 0 radical (unpaired) electrons. The number of likely N-dealkylation sites (tertiary alicyclic amines) is 1. The normalized spacial score (nSPS) is 20.7. The highest BCUT2D eigenvalue weighted by Crippen LogP contribution is 2.13. The van der Waals surface area contributed by atoms with Gasteiger partial charge in [0, 0.05) is 13.1 Å². The van der Waals surface area contributed by atoms with Crippen molar-refractivity contribution < 1.29 is 9.53 Å². The molecule has 94 valence electrons. The van der Waals surface area contributed by atoms with Crippen LogP contribution in [0.4, 0.5) is 0 Å². The van der Waals surface area contributed by atoms with Crippen molar-refractivity contribution in [3.63, 3.8) is 0 Å². The van der Waals surface area contributed by atoms with Crippen molar-refractivity contribution in [2.45, 2.75) is 31.4 Å². The molecule has 4 nitrogen and oxygen atoms in total. The molecule has 0 unspecified atom stereocenters. The van der Waals surface area contributed by atoms with Crippen LogP contribution >= 0.6 is 11.8 Å². The summed E-state index contributed by atoms with van der Waals surface area (Å²) in [5.41, 5.74) is 5.75. The number of carbonyl (C=O) groups is 1. The maximum Gasteiger partial charge on any atom is 0.323 e. The third kappa shape index (κ3) is 4.72. The van der Waals surface area contributed by atoms with E-state index in [1.807, 2.05) is 6.26 Å². The molecule has 0 amide bonds. The molecule has 0 aromatic rings. The molecule has 16 heavy (non-hydrogen) atoms. The molecule has 0 saturated carbocycles. The topological polar surface area (TPSA) is 55.6 Å². The van der Waals surface area contributed by atoms with Gasteiger partial charge < -0.3 is 15.4 Å². The zero-order valence-corrected chi connectivity index (χ0v) is 11.0. The van der Waals surface area contributed by atoms with Crippen LogP contribution in [-0.2, 0) is 9.53 Å². The van der Waals surface area contributed by atoms with Gasteiger partial charge in [0.1, 0.15) is 12.1 Å². The first-order valence-corrected chi connectivity index (χ1v) is 7.16. The number of thioether (sulfide) groups is 1. The Morgan fingerprint density at radius 1 is 1.56 bits per heavy atom. The molecule has 0 aromatic heterocycles. The number of piperidine rings is 1. The third-order valence-electron chi connectivity index (χ3n) is 2.88. The van der Waals surface area contributed by atoms with Crippen molar-refractivity contribution in [2.75, 3.05) is 32.1 Å². The minimum atomic E-state index is -0.452. The fourth-order valence-corrected chi connectivity index (χ4v) is 2.21. The number of nitrogens with zero attached hydrogens (tertiary/aromatic N) is 1. The minimum absolute atomic E-state index is 0.0732. The van der Waals surface area contributed by atoms with Gasteiger partial charge in [-0.05, 0) is 38.3 Å². The molecule has 0 spiro atoms. The number of carbonyl (C=O) groups excluding carboxylic acids is 1. The molecular formula is C11H22N2O2S. The van der Waals surface area contributed by atoms with Crippen molar-refractivity contribution in [2.24, 2.45) is 5.73 Å². The molecule has 2 N–H and O–H groups in total. The number of hydrogen-bond acceptors (Lipinski definition) is 5. The standard InChI is InChI=1S/C11H22N2O2S/c1-13-6-3-9(4-7-13)15-11(14)10(12)5-8-16-2/h9-10H,3-8,12H2,1-2H3/t10-/m1/s1. The van der Waals surface area contributed by atoms with E-state index in [0.29, 0.717) is 6.42 Å². The number of esters is 1. The molecule has 1 aliphatic rings. The van der Waals surface area contributed by atoms with Gasteiger partial charge in [0.05, 0.1) is 0 Å².